The third kappa shape index (κ3) is 5.21. The van der Waals surface area contributed by atoms with Crippen LogP contribution in [0.5, 0.6) is 0 Å². The van der Waals surface area contributed by atoms with E-state index in [1.807, 2.05) is 5.32 Å². The largest absolute Gasteiger partial charge is 0.480 e. The Hall–Kier alpha value is -1.69. The molecule has 2 N–H and O–H groups in total. The van der Waals surface area contributed by atoms with E-state index in [4.69, 9.17) is 16.7 Å². The highest BCUT2D eigenvalue weighted by molar-refractivity contribution is 6.31. The lowest BCUT2D eigenvalue weighted by Gasteiger charge is -2.14. The van der Waals surface area contributed by atoms with Crippen molar-refractivity contribution in [3.05, 3.63) is 34.9 Å². The van der Waals surface area contributed by atoms with E-state index < -0.39 is 30.8 Å². The molecule has 0 saturated carbocycles. The maximum atomic E-state index is 12.2. The van der Waals surface area contributed by atoms with Gasteiger partial charge in [0.2, 0.25) is 12.3 Å². The van der Waals surface area contributed by atoms with Crippen LogP contribution in [0.1, 0.15) is 12.0 Å². The fourth-order valence-electron chi connectivity index (χ4n) is 1.46. The summed E-state index contributed by atoms with van der Waals surface area (Å²) in [6.07, 6.45) is -3.89. The molecule has 0 radical (unpaired) electrons. The fraction of sp³-hybridized carbons (Fsp3) is 0.333. The molecule has 104 valence electrons. The molecule has 0 heterocycles. The van der Waals surface area contributed by atoms with Crippen LogP contribution >= 0.6 is 11.6 Å². The van der Waals surface area contributed by atoms with E-state index in [1.165, 1.54) is 0 Å². The van der Waals surface area contributed by atoms with Crippen LogP contribution in [-0.2, 0) is 16.0 Å². The lowest BCUT2D eigenvalue weighted by molar-refractivity contribution is -0.142. The van der Waals surface area contributed by atoms with Gasteiger partial charge in [0.15, 0.2) is 0 Å². The Kier molecular flexibility index (Phi) is 5.69. The SMILES string of the molecule is O=C(Cc1ccccc1Cl)NC(CC(F)F)C(=O)O. The number of hydrogen-bond acceptors (Lipinski definition) is 2. The van der Waals surface area contributed by atoms with Crippen LogP contribution in [-0.4, -0.2) is 29.5 Å². The van der Waals surface area contributed by atoms with E-state index in [9.17, 15) is 18.4 Å². The van der Waals surface area contributed by atoms with E-state index in [0.29, 0.717) is 10.6 Å². The quantitative estimate of drug-likeness (QED) is 0.843. The highest BCUT2D eigenvalue weighted by Gasteiger charge is 2.24. The van der Waals surface area contributed by atoms with Crippen LogP contribution in [0.3, 0.4) is 0 Å². The van der Waals surface area contributed by atoms with Crippen LogP contribution in [0.15, 0.2) is 24.3 Å². The second-order valence-corrected chi connectivity index (χ2v) is 4.26. The second-order valence-electron chi connectivity index (χ2n) is 3.85. The first-order valence-corrected chi connectivity index (χ1v) is 5.81. The zero-order valence-corrected chi connectivity index (χ0v) is 10.5. The number of hydrogen-bond donors (Lipinski definition) is 2. The minimum absolute atomic E-state index is 0.160. The molecule has 1 atom stereocenters. The number of amides is 1. The van der Waals surface area contributed by atoms with E-state index in [1.54, 1.807) is 24.3 Å². The minimum Gasteiger partial charge on any atom is -0.480 e. The van der Waals surface area contributed by atoms with Gasteiger partial charge in [-0.25, -0.2) is 13.6 Å². The molecule has 0 fully saturated rings. The maximum absolute atomic E-state index is 12.2. The molecule has 1 amide bonds. The van der Waals surface area contributed by atoms with Gasteiger partial charge in [0.05, 0.1) is 6.42 Å². The summed E-state index contributed by atoms with van der Waals surface area (Å²) < 4.78 is 24.3. The van der Waals surface area contributed by atoms with E-state index in [2.05, 4.69) is 0 Å². The van der Waals surface area contributed by atoms with Gasteiger partial charge >= 0.3 is 5.97 Å². The van der Waals surface area contributed by atoms with Gasteiger partial charge in [-0.2, -0.15) is 0 Å². The molecule has 1 aromatic rings. The zero-order valence-electron chi connectivity index (χ0n) is 9.78. The van der Waals surface area contributed by atoms with Crippen molar-refractivity contribution in [2.75, 3.05) is 0 Å². The van der Waals surface area contributed by atoms with Gasteiger partial charge in [-0.15, -0.1) is 0 Å². The van der Waals surface area contributed by atoms with Crippen LogP contribution < -0.4 is 5.32 Å². The summed E-state index contributed by atoms with van der Waals surface area (Å²) >= 11 is 5.84. The van der Waals surface area contributed by atoms with Gasteiger partial charge in [-0.05, 0) is 11.6 Å². The number of carbonyl (C=O) groups is 2. The maximum Gasteiger partial charge on any atom is 0.326 e. The predicted molar refractivity (Wildman–Crippen MR) is 65.3 cm³/mol. The lowest BCUT2D eigenvalue weighted by atomic mass is 10.1. The van der Waals surface area contributed by atoms with Gasteiger partial charge in [0.1, 0.15) is 6.04 Å². The van der Waals surface area contributed by atoms with E-state index >= 15 is 0 Å². The number of alkyl halides is 2. The average Bonchev–Trinajstić information content (AvgIpc) is 2.30. The number of carboxylic acid groups (broad SMARTS) is 1. The molecule has 0 spiro atoms. The Morgan fingerprint density at radius 3 is 2.47 bits per heavy atom. The van der Waals surface area contributed by atoms with Crippen molar-refractivity contribution < 1.29 is 23.5 Å². The summed E-state index contributed by atoms with van der Waals surface area (Å²) in [5.74, 6) is -2.16. The van der Waals surface area contributed by atoms with Crippen molar-refractivity contribution in [1.82, 2.24) is 5.32 Å². The number of aliphatic carboxylic acids is 1. The first kappa shape index (κ1) is 15.4. The number of nitrogens with one attached hydrogen (secondary N) is 1. The van der Waals surface area contributed by atoms with E-state index in [-0.39, 0.29) is 6.42 Å². The summed E-state index contributed by atoms with van der Waals surface area (Å²) in [7, 11) is 0. The Morgan fingerprint density at radius 2 is 1.95 bits per heavy atom. The molecular formula is C12H12ClF2NO3. The Morgan fingerprint density at radius 1 is 1.32 bits per heavy atom. The van der Waals surface area contributed by atoms with Gasteiger partial charge < -0.3 is 10.4 Å². The molecular weight excluding hydrogens is 280 g/mol. The summed E-state index contributed by atoms with van der Waals surface area (Å²) in [6, 6.07) is 4.93. The minimum atomic E-state index is -2.80. The molecule has 1 aromatic carbocycles. The molecule has 0 aliphatic carbocycles. The summed E-state index contributed by atoms with van der Waals surface area (Å²) in [5, 5.41) is 11.1. The smallest absolute Gasteiger partial charge is 0.326 e. The number of carbonyl (C=O) groups excluding carboxylic acids is 1. The van der Waals surface area contributed by atoms with Crippen molar-refractivity contribution in [3.63, 3.8) is 0 Å². The molecule has 0 aliphatic heterocycles. The number of carboxylic acids is 1. The summed E-state index contributed by atoms with van der Waals surface area (Å²) in [4.78, 5) is 22.3. The van der Waals surface area contributed by atoms with Crippen LogP contribution in [0, 0.1) is 0 Å². The Balaban J connectivity index is 2.63. The van der Waals surface area contributed by atoms with Crippen molar-refractivity contribution in [2.45, 2.75) is 25.3 Å². The standard InChI is InChI=1S/C12H12ClF2NO3/c13-8-4-2-1-3-7(8)5-11(17)16-9(12(18)19)6-10(14)15/h1-4,9-10H,5-6H2,(H,16,17)(H,18,19). The second kappa shape index (κ2) is 7.04. The third-order valence-electron chi connectivity index (χ3n) is 2.36. The summed E-state index contributed by atoms with van der Waals surface area (Å²) in [6.45, 7) is 0. The number of halogens is 3. The van der Waals surface area contributed by atoms with Crippen LogP contribution in [0.2, 0.25) is 5.02 Å². The molecule has 0 aromatic heterocycles. The highest BCUT2D eigenvalue weighted by atomic mass is 35.5. The average molecular weight is 292 g/mol. The van der Waals surface area contributed by atoms with Gasteiger partial charge in [0, 0.05) is 11.4 Å². The summed E-state index contributed by atoms with van der Waals surface area (Å²) in [5.41, 5.74) is 0.503. The molecule has 19 heavy (non-hydrogen) atoms. The normalized spacial score (nSPS) is 12.2. The first-order valence-electron chi connectivity index (χ1n) is 5.44. The van der Waals surface area contributed by atoms with Crippen molar-refractivity contribution >= 4 is 23.5 Å². The van der Waals surface area contributed by atoms with Crippen LogP contribution in [0.4, 0.5) is 8.78 Å². The molecule has 7 heteroatoms. The van der Waals surface area contributed by atoms with E-state index in [0.717, 1.165) is 0 Å². The van der Waals surface area contributed by atoms with Crippen LogP contribution in [0.25, 0.3) is 0 Å². The Labute approximate surface area is 113 Å². The Bertz CT molecular complexity index is 468. The lowest BCUT2D eigenvalue weighted by Crippen LogP contribution is -2.42. The molecule has 0 aliphatic rings. The van der Waals surface area contributed by atoms with Crippen molar-refractivity contribution in [3.8, 4) is 0 Å². The van der Waals surface area contributed by atoms with Gasteiger partial charge in [-0.3, -0.25) is 4.79 Å². The zero-order chi connectivity index (χ0) is 14.4. The number of benzene rings is 1. The first-order chi connectivity index (χ1) is 8.90. The number of rotatable bonds is 6. The van der Waals surface area contributed by atoms with Crippen molar-refractivity contribution in [1.29, 1.82) is 0 Å². The highest BCUT2D eigenvalue weighted by Crippen LogP contribution is 2.15. The molecule has 4 nitrogen and oxygen atoms in total. The van der Waals surface area contributed by atoms with Crippen molar-refractivity contribution in [2.24, 2.45) is 0 Å². The molecule has 1 unspecified atom stereocenters. The monoisotopic (exact) mass is 291 g/mol. The molecule has 0 bridgehead atoms. The third-order valence-corrected chi connectivity index (χ3v) is 2.72. The molecule has 0 saturated heterocycles. The molecule has 1 rings (SSSR count). The predicted octanol–water partition coefficient (Wildman–Crippen LogP) is 2.11. The fourth-order valence-corrected chi connectivity index (χ4v) is 1.66. The van der Waals surface area contributed by atoms with Gasteiger partial charge in [-0.1, -0.05) is 29.8 Å². The topological polar surface area (TPSA) is 66.4 Å². The van der Waals surface area contributed by atoms with Gasteiger partial charge in [0.25, 0.3) is 0 Å².